The van der Waals surface area contributed by atoms with Gasteiger partial charge in [0.05, 0.1) is 23.7 Å². The number of hydrogen-bond acceptors (Lipinski definition) is 2. The van der Waals surface area contributed by atoms with Crippen molar-refractivity contribution in [2.75, 3.05) is 0 Å². The molecular weight excluding hydrogens is 198 g/mol. The topological polar surface area (TPSA) is 41.6 Å². The fourth-order valence-corrected chi connectivity index (χ4v) is 1.67. The Bertz CT molecular complexity index is 547. The molecule has 16 heavy (non-hydrogen) atoms. The van der Waals surface area contributed by atoms with Crippen molar-refractivity contribution in [2.24, 2.45) is 7.05 Å². The van der Waals surface area contributed by atoms with E-state index in [4.69, 9.17) is 5.26 Å². The first-order valence-electron chi connectivity index (χ1n) is 5.25. The number of imidazole rings is 1. The van der Waals surface area contributed by atoms with Crippen LogP contribution in [0.1, 0.15) is 18.1 Å². The number of benzene rings is 1. The van der Waals surface area contributed by atoms with E-state index < -0.39 is 0 Å². The zero-order valence-corrected chi connectivity index (χ0v) is 9.44. The van der Waals surface area contributed by atoms with Crippen LogP contribution in [0.2, 0.25) is 0 Å². The van der Waals surface area contributed by atoms with Crippen molar-refractivity contribution in [2.45, 2.75) is 13.3 Å². The van der Waals surface area contributed by atoms with E-state index in [1.807, 2.05) is 29.9 Å². The first-order valence-corrected chi connectivity index (χ1v) is 5.25. The molecule has 0 spiro atoms. The fraction of sp³-hybridized carbons (Fsp3) is 0.231. The van der Waals surface area contributed by atoms with Gasteiger partial charge in [-0.15, -0.1) is 0 Å². The SMILES string of the molecule is CCc1cc(C#N)cc(-c2cn(C)cn2)c1. The molecule has 3 nitrogen and oxygen atoms in total. The molecule has 0 aliphatic carbocycles. The summed E-state index contributed by atoms with van der Waals surface area (Å²) < 4.78 is 1.90. The van der Waals surface area contributed by atoms with Crippen LogP contribution in [0.25, 0.3) is 11.3 Å². The van der Waals surface area contributed by atoms with E-state index in [0.29, 0.717) is 5.56 Å². The molecule has 0 aliphatic rings. The highest BCUT2D eigenvalue weighted by molar-refractivity contribution is 5.62. The van der Waals surface area contributed by atoms with Crippen LogP contribution in [0, 0.1) is 11.3 Å². The summed E-state index contributed by atoms with van der Waals surface area (Å²) in [6, 6.07) is 8.07. The Morgan fingerprint density at radius 3 is 2.75 bits per heavy atom. The summed E-state index contributed by atoms with van der Waals surface area (Å²) in [4.78, 5) is 4.29. The maximum atomic E-state index is 8.96. The smallest absolute Gasteiger partial charge is 0.0991 e. The molecule has 0 radical (unpaired) electrons. The van der Waals surface area contributed by atoms with Crippen molar-refractivity contribution in [3.05, 3.63) is 41.9 Å². The number of hydrogen-bond donors (Lipinski definition) is 0. The third kappa shape index (κ3) is 1.96. The van der Waals surface area contributed by atoms with Crippen molar-refractivity contribution in [1.82, 2.24) is 9.55 Å². The summed E-state index contributed by atoms with van der Waals surface area (Å²) in [6.45, 7) is 2.08. The Labute approximate surface area is 95.0 Å². The third-order valence-electron chi connectivity index (χ3n) is 2.53. The molecule has 0 aliphatic heterocycles. The number of aromatic nitrogens is 2. The van der Waals surface area contributed by atoms with E-state index >= 15 is 0 Å². The lowest BCUT2D eigenvalue weighted by molar-refractivity contribution is 0.913. The van der Waals surface area contributed by atoms with Crippen molar-refractivity contribution < 1.29 is 0 Å². The van der Waals surface area contributed by atoms with Crippen LogP contribution in [-0.2, 0) is 13.5 Å². The molecule has 0 unspecified atom stereocenters. The molecule has 0 saturated heterocycles. The minimum atomic E-state index is 0.694. The lowest BCUT2D eigenvalue weighted by Gasteiger charge is -2.02. The highest BCUT2D eigenvalue weighted by atomic mass is 15.0. The molecule has 0 fully saturated rings. The molecule has 0 N–H and O–H groups in total. The fourth-order valence-electron chi connectivity index (χ4n) is 1.67. The Morgan fingerprint density at radius 2 is 2.19 bits per heavy atom. The Kier molecular flexibility index (Phi) is 2.74. The van der Waals surface area contributed by atoms with Crippen molar-refractivity contribution in [1.29, 1.82) is 5.26 Å². The van der Waals surface area contributed by atoms with Gasteiger partial charge in [0.15, 0.2) is 0 Å². The van der Waals surface area contributed by atoms with E-state index in [0.717, 1.165) is 17.7 Å². The second-order valence-electron chi connectivity index (χ2n) is 3.81. The lowest BCUT2D eigenvalue weighted by Crippen LogP contribution is -1.87. The molecule has 0 bridgehead atoms. The minimum absolute atomic E-state index is 0.694. The van der Waals surface area contributed by atoms with Crippen LogP contribution in [0.15, 0.2) is 30.7 Å². The van der Waals surface area contributed by atoms with E-state index in [1.54, 1.807) is 6.33 Å². The molecule has 1 heterocycles. The van der Waals surface area contributed by atoms with Gasteiger partial charge in [0.2, 0.25) is 0 Å². The van der Waals surface area contributed by atoms with Crippen molar-refractivity contribution in [3.8, 4) is 17.3 Å². The summed E-state index contributed by atoms with van der Waals surface area (Å²) in [5.74, 6) is 0. The Balaban J connectivity index is 2.52. The van der Waals surface area contributed by atoms with Gasteiger partial charge in [0.25, 0.3) is 0 Å². The van der Waals surface area contributed by atoms with Crippen LogP contribution in [0.3, 0.4) is 0 Å². The van der Waals surface area contributed by atoms with Gasteiger partial charge in [0.1, 0.15) is 0 Å². The van der Waals surface area contributed by atoms with Gasteiger partial charge < -0.3 is 4.57 Å². The first-order chi connectivity index (χ1) is 7.72. The van der Waals surface area contributed by atoms with Crippen LogP contribution >= 0.6 is 0 Å². The zero-order chi connectivity index (χ0) is 11.5. The summed E-state index contributed by atoms with van der Waals surface area (Å²) in [6.07, 6.45) is 4.64. The molecule has 1 aromatic heterocycles. The van der Waals surface area contributed by atoms with Gasteiger partial charge in [-0.25, -0.2) is 4.98 Å². The number of nitrogens with zero attached hydrogens (tertiary/aromatic N) is 3. The summed E-state index contributed by atoms with van der Waals surface area (Å²) >= 11 is 0. The molecule has 2 aromatic rings. The van der Waals surface area contributed by atoms with Crippen molar-refractivity contribution in [3.63, 3.8) is 0 Å². The van der Waals surface area contributed by atoms with E-state index in [9.17, 15) is 0 Å². The van der Waals surface area contributed by atoms with Crippen LogP contribution < -0.4 is 0 Å². The van der Waals surface area contributed by atoms with Crippen LogP contribution in [0.5, 0.6) is 0 Å². The van der Waals surface area contributed by atoms with Crippen LogP contribution in [-0.4, -0.2) is 9.55 Å². The Morgan fingerprint density at radius 1 is 1.38 bits per heavy atom. The monoisotopic (exact) mass is 211 g/mol. The predicted octanol–water partition coefficient (Wildman–Crippen LogP) is 2.52. The first kappa shape index (κ1) is 10.4. The van der Waals surface area contributed by atoms with E-state index in [-0.39, 0.29) is 0 Å². The molecule has 1 aromatic carbocycles. The van der Waals surface area contributed by atoms with Gasteiger partial charge in [-0.3, -0.25) is 0 Å². The molecule has 0 amide bonds. The maximum absolute atomic E-state index is 8.96. The van der Waals surface area contributed by atoms with Gasteiger partial charge in [-0.05, 0) is 30.2 Å². The van der Waals surface area contributed by atoms with Gasteiger partial charge in [0, 0.05) is 18.8 Å². The largest absolute Gasteiger partial charge is 0.340 e. The average molecular weight is 211 g/mol. The van der Waals surface area contributed by atoms with Crippen molar-refractivity contribution >= 4 is 0 Å². The zero-order valence-electron chi connectivity index (χ0n) is 9.44. The van der Waals surface area contributed by atoms with E-state index in [1.165, 1.54) is 5.56 Å². The number of aryl methyl sites for hydroxylation is 2. The lowest BCUT2D eigenvalue weighted by atomic mass is 10.0. The maximum Gasteiger partial charge on any atom is 0.0991 e. The third-order valence-corrected chi connectivity index (χ3v) is 2.53. The average Bonchev–Trinajstić information content (AvgIpc) is 2.75. The summed E-state index contributed by atoms with van der Waals surface area (Å²) in [5, 5.41) is 8.96. The number of nitriles is 1. The minimum Gasteiger partial charge on any atom is -0.340 e. The molecule has 3 heteroatoms. The molecule has 2 rings (SSSR count). The summed E-state index contributed by atoms with van der Waals surface area (Å²) in [5.41, 5.74) is 3.78. The van der Waals surface area contributed by atoms with Gasteiger partial charge in [-0.1, -0.05) is 6.92 Å². The van der Waals surface area contributed by atoms with Gasteiger partial charge in [-0.2, -0.15) is 5.26 Å². The van der Waals surface area contributed by atoms with Gasteiger partial charge >= 0.3 is 0 Å². The van der Waals surface area contributed by atoms with Crippen LogP contribution in [0.4, 0.5) is 0 Å². The Hall–Kier alpha value is -2.08. The normalized spacial score (nSPS) is 10.1. The predicted molar refractivity (Wildman–Crippen MR) is 62.7 cm³/mol. The highest BCUT2D eigenvalue weighted by Crippen LogP contribution is 2.20. The second-order valence-corrected chi connectivity index (χ2v) is 3.81. The second kappa shape index (κ2) is 4.19. The number of rotatable bonds is 2. The van der Waals surface area contributed by atoms with E-state index in [2.05, 4.69) is 24.0 Å². The molecular formula is C13H13N3. The highest BCUT2D eigenvalue weighted by Gasteiger charge is 2.04. The quantitative estimate of drug-likeness (QED) is 0.766. The summed E-state index contributed by atoms with van der Waals surface area (Å²) in [7, 11) is 1.94. The molecule has 80 valence electrons. The molecule has 0 saturated carbocycles. The standard InChI is InChI=1S/C13H13N3/c1-3-10-4-11(7-14)6-12(5-10)13-8-16(2)9-15-13/h4-6,8-9H,3H2,1-2H3. The molecule has 0 atom stereocenters.